The predicted molar refractivity (Wildman–Crippen MR) is 94.1 cm³/mol. The number of hydrogen-bond donors (Lipinski definition) is 1. The fourth-order valence-corrected chi connectivity index (χ4v) is 4.11. The van der Waals surface area contributed by atoms with Crippen molar-refractivity contribution in [2.45, 2.75) is 49.0 Å². The highest BCUT2D eigenvalue weighted by molar-refractivity contribution is 7.99. The van der Waals surface area contributed by atoms with E-state index < -0.39 is 0 Å². The van der Waals surface area contributed by atoms with Crippen LogP contribution in [0.2, 0.25) is 0 Å². The van der Waals surface area contributed by atoms with Crippen molar-refractivity contribution in [2.24, 2.45) is 0 Å². The van der Waals surface area contributed by atoms with Gasteiger partial charge in [0.2, 0.25) is 0 Å². The van der Waals surface area contributed by atoms with Crippen LogP contribution >= 0.6 is 11.8 Å². The largest absolute Gasteiger partial charge is 0.373 e. The molecular formula is C18H26N2O2S. The smallest absolute Gasteiger partial charge is 0.251 e. The van der Waals surface area contributed by atoms with Crippen molar-refractivity contribution in [1.82, 2.24) is 10.2 Å². The molecule has 0 saturated carbocycles. The SMILES string of the molecule is CC(C)Sc1ccc(C(=O)NC[C@H]2CN3CCC[C@H]3CO2)cc1. The molecule has 1 aromatic carbocycles. The number of ether oxygens (including phenoxy) is 1. The predicted octanol–water partition coefficient (Wildman–Crippen LogP) is 2.78. The quantitative estimate of drug-likeness (QED) is 0.841. The molecular weight excluding hydrogens is 308 g/mol. The molecule has 1 aromatic rings. The topological polar surface area (TPSA) is 41.6 Å². The first-order valence-electron chi connectivity index (χ1n) is 8.52. The first-order chi connectivity index (χ1) is 11.1. The molecule has 0 bridgehead atoms. The van der Waals surface area contributed by atoms with Crippen molar-refractivity contribution < 1.29 is 9.53 Å². The molecule has 0 radical (unpaired) electrons. The Morgan fingerprint density at radius 1 is 1.39 bits per heavy atom. The lowest BCUT2D eigenvalue weighted by atomic mass is 10.1. The van der Waals surface area contributed by atoms with Gasteiger partial charge in [0.1, 0.15) is 0 Å². The lowest BCUT2D eigenvalue weighted by Crippen LogP contribution is -2.50. The van der Waals surface area contributed by atoms with Crippen molar-refractivity contribution >= 4 is 17.7 Å². The summed E-state index contributed by atoms with van der Waals surface area (Å²) in [7, 11) is 0. The molecule has 5 heteroatoms. The fourth-order valence-electron chi connectivity index (χ4n) is 3.27. The van der Waals surface area contributed by atoms with Crippen LogP contribution in [0.3, 0.4) is 0 Å². The van der Waals surface area contributed by atoms with Gasteiger partial charge in [-0.1, -0.05) is 13.8 Å². The Labute approximate surface area is 143 Å². The molecule has 0 aromatic heterocycles. The molecule has 3 rings (SSSR count). The van der Waals surface area contributed by atoms with E-state index in [1.165, 1.54) is 24.3 Å². The van der Waals surface area contributed by atoms with Gasteiger partial charge < -0.3 is 10.1 Å². The first kappa shape index (κ1) is 16.8. The number of carbonyl (C=O) groups excluding carboxylic acids is 1. The number of hydrogen-bond acceptors (Lipinski definition) is 4. The van der Waals surface area contributed by atoms with Gasteiger partial charge in [-0.15, -0.1) is 11.8 Å². The number of rotatable bonds is 5. The minimum Gasteiger partial charge on any atom is -0.373 e. The molecule has 0 spiro atoms. The second-order valence-corrected chi connectivity index (χ2v) is 8.30. The summed E-state index contributed by atoms with van der Waals surface area (Å²) >= 11 is 1.81. The number of benzene rings is 1. The molecule has 2 heterocycles. The lowest BCUT2D eigenvalue weighted by Gasteiger charge is -2.35. The third-order valence-corrected chi connectivity index (χ3v) is 5.46. The normalized spacial score (nSPS) is 24.7. The molecule has 2 saturated heterocycles. The van der Waals surface area contributed by atoms with E-state index in [9.17, 15) is 4.79 Å². The number of morpholine rings is 1. The number of nitrogens with zero attached hydrogens (tertiary/aromatic N) is 1. The Balaban J connectivity index is 1.47. The number of amides is 1. The second-order valence-electron chi connectivity index (χ2n) is 6.65. The second kappa shape index (κ2) is 7.69. The Hall–Kier alpha value is -1.04. The zero-order valence-corrected chi connectivity index (χ0v) is 14.8. The van der Waals surface area contributed by atoms with Crippen LogP contribution in [0, 0.1) is 0 Å². The highest BCUT2D eigenvalue weighted by Crippen LogP contribution is 2.23. The average molecular weight is 334 g/mol. The van der Waals surface area contributed by atoms with E-state index in [2.05, 4.69) is 24.1 Å². The van der Waals surface area contributed by atoms with Gasteiger partial charge in [-0.3, -0.25) is 9.69 Å². The van der Waals surface area contributed by atoms with E-state index in [1.54, 1.807) is 11.8 Å². The monoisotopic (exact) mass is 334 g/mol. The molecule has 1 N–H and O–H groups in total. The summed E-state index contributed by atoms with van der Waals surface area (Å²) in [5.74, 6) is -0.0155. The molecule has 4 nitrogen and oxygen atoms in total. The first-order valence-corrected chi connectivity index (χ1v) is 9.40. The summed E-state index contributed by atoms with van der Waals surface area (Å²) in [5, 5.41) is 3.56. The van der Waals surface area contributed by atoms with Crippen LogP contribution in [0.4, 0.5) is 0 Å². The number of nitrogens with one attached hydrogen (secondary N) is 1. The van der Waals surface area contributed by atoms with Gasteiger partial charge in [0.05, 0.1) is 12.7 Å². The van der Waals surface area contributed by atoms with Gasteiger partial charge in [0.15, 0.2) is 0 Å². The van der Waals surface area contributed by atoms with Crippen LogP contribution in [0.5, 0.6) is 0 Å². The van der Waals surface area contributed by atoms with E-state index in [-0.39, 0.29) is 12.0 Å². The summed E-state index contributed by atoms with van der Waals surface area (Å²) in [6.07, 6.45) is 2.64. The van der Waals surface area contributed by atoms with Crippen LogP contribution in [0.25, 0.3) is 0 Å². The van der Waals surface area contributed by atoms with Crippen molar-refractivity contribution in [1.29, 1.82) is 0 Å². The van der Waals surface area contributed by atoms with E-state index in [0.717, 1.165) is 13.2 Å². The molecule has 2 fully saturated rings. The van der Waals surface area contributed by atoms with Gasteiger partial charge in [0, 0.05) is 34.8 Å². The van der Waals surface area contributed by atoms with Gasteiger partial charge in [-0.25, -0.2) is 0 Å². The summed E-state index contributed by atoms with van der Waals surface area (Å²) < 4.78 is 5.88. The third-order valence-electron chi connectivity index (χ3n) is 4.44. The average Bonchev–Trinajstić information content (AvgIpc) is 3.00. The number of thioether (sulfide) groups is 1. The summed E-state index contributed by atoms with van der Waals surface area (Å²) in [5.41, 5.74) is 0.716. The molecule has 126 valence electrons. The highest BCUT2D eigenvalue weighted by Gasteiger charge is 2.32. The molecule has 2 aliphatic rings. The maximum absolute atomic E-state index is 12.3. The van der Waals surface area contributed by atoms with Crippen LogP contribution < -0.4 is 5.32 Å². The lowest BCUT2D eigenvalue weighted by molar-refractivity contribution is -0.0461. The molecule has 23 heavy (non-hydrogen) atoms. The molecule has 2 aliphatic heterocycles. The van der Waals surface area contributed by atoms with Crippen molar-refractivity contribution in [2.75, 3.05) is 26.2 Å². The van der Waals surface area contributed by atoms with E-state index >= 15 is 0 Å². The number of fused-ring (bicyclic) bond motifs is 1. The zero-order chi connectivity index (χ0) is 16.2. The van der Waals surface area contributed by atoms with Crippen molar-refractivity contribution in [3.8, 4) is 0 Å². The molecule has 0 unspecified atom stereocenters. The minimum absolute atomic E-state index is 0.0155. The summed E-state index contributed by atoms with van der Waals surface area (Å²) in [6.45, 7) is 7.84. The van der Waals surface area contributed by atoms with Crippen molar-refractivity contribution in [3.05, 3.63) is 29.8 Å². The van der Waals surface area contributed by atoms with E-state index in [1.807, 2.05) is 24.3 Å². The standard InChI is InChI=1S/C18H26N2O2S/c1-13(2)23-17-7-5-14(6-8-17)18(21)19-10-16-11-20-9-3-4-15(20)12-22-16/h5-8,13,15-16H,3-4,9-12H2,1-2H3,(H,19,21)/t15-,16-/m0/s1. The maximum Gasteiger partial charge on any atom is 0.251 e. The summed E-state index contributed by atoms with van der Waals surface area (Å²) in [4.78, 5) is 16.0. The zero-order valence-electron chi connectivity index (χ0n) is 14.0. The number of carbonyl (C=O) groups is 1. The highest BCUT2D eigenvalue weighted by atomic mass is 32.2. The van der Waals surface area contributed by atoms with E-state index in [0.29, 0.717) is 23.4 Å². The fraction of sp³-hybridized carbons (Fsp3) is 0.611. The molecule has 0 aliphatic carbocycles. The Morgan fingerprint density at radius 2 is 2.17 bits per heavy atom. The molecule has 1 amide bonds. The Kier molecular flexibility index (Phi) is 5.62. The van der Waals surface area contributed by atoms with Gasteiger partial charge in [0.25, 0.3) is 5.91 Å². The third kappa shape index (κ3) is 4.49. The van der Waals surface area contributed by atoms with E-state index in [4.69, 9.17) is 4.74 Å². The van der Waals surface area contributed by atoms with Crippen LogP contribution in [0.15, 0.2) is 29.2 Å². The van der Waals surface area contributed by atoms with Gasteiger partial charge in [-0.05, 0) is 43.7 Å². The van der Waals surface area contributed by atoms with Crippen LogP contribution in [0.1, 0.15) is 37.0 Å². The molecule has 2 atom stereocenters. The van der Waals surface area contributed by atoms with Gasteiger partial charge in [-0.2, -0.15) is 0 Å². The van der Waals surface area contributed by atoms with Gasteiger partial charge >= 0.3 is 0 Å². The Morgan fingerprint density at radius 3 is 2.91 bits per heavy atom. The Bertz CT molecular complexity index is 532. The van der Waals surface area contributed by atoms with Crippen molar-refractivity contribution in [3.63, 3.8) is 0 Å². The maximum atomic E-state index is 12.3. The van der Waals surface area contributed by atoms with Crippen LogP contribution in [-0.2, 0) is 4.74 Å². The minimum atomic E-state index is -0.0155. The van der Waals surface area contributed by atoms with Crippen LogP contribution in [-0.4, -0.2) is 54.4 Å². The summed E-state index contributed by atoms with van der Waals surface area (Å²) in [6, 6.07) is 8.45.